The Bertz CT molecular complexity index is 275. The molecule has 0 spiro atoms. The van der Waals surface area contributed by atoms with Gasteiger partial charge >= 0.3 is 5.96 Å². The Morgan fingerprint density at radius 1 is 1.50 bits per heavy atom. The van der Waals surface area contributed by atoms with Crippen molar-refractivity contribution < 1.29 is 22.5 Å². The quantitative estimate of drug-likeness (QED) is 0.132. The fourth-order valence-electron chi connectivity index (χ4n) is 0.373. The van der Waals surface area contributed by atoms with Gasteiger partial charge in [-0.2, -0.15) is 0 Å². The Hall–Kier alpha value is -1.12. The van der Waals surface area contributed by atoms with Crippen LogP contribution in [0.3, 0.4) is 0 Å². The summed E-state index contributed by atoms with van der Waals surface area (Å²) in [5.74, 6) is 0.271. The zero-order valence-electron chi connectivity index (χ0n) is 8.02. The number of nitrogens with one attached hydrogen (secondary N) is 1. The molecular formula is C6H15N3O4S. The third kappa shape index (κ3) is 44.6. The van der Waals surface area contributed by atoms with Crippen molar-refractivity contribution in [2.24, 2.45) is 11.5 Å². The molecule has 84 valence electrons. The van der Waals surface area contributed by atoms with E-state index in [1.165, 1.54) is 5.57 Å². The fourth-order valence-corrected chi connectivity index (χ4v) is 0.373. The molecule has 0 atom stereocenters. The monoisotopic (exact) mass is 225 g/mol. The van der Waals surface area contributed by atoms with Gasteiger partial charge in [-0.15, -0.1) is 0 Å². The van der Waals surface area contributed by atoms with Crippen LogP contribution in [0.15, 0.2) is 11.6 Å². The molecular weight excluding hydrogens is 210 g/mol. The molecule has 0 aromatic heterocycles. The highest BCUT2D eigenvalue weighted by Gasteiger charge is 1.81. The van der Waals surface area contributed by atoms with Crippen molar-refractivity contribution in [2.75, 3.05) is 6.54 Å². The largest absolute Gasteiger partial charge is 0.726 e. The van der Waals surface area contributed by atoms with Gasteiger partial charge in [0, 0.05) is 0 Å². The number of hydrogen-bond donors (Lipinski definition) is 4. The molecule has 0 aliphatic heterocycles. The van der Waals surface area contributed by atoms with Crippen LogP contribution in [0.1, 0.15) is 13.8 Å². The summed E-state index contributed by atoms with van der Waals surface area (Å²) in [5, 5.41) is 0. The molecule has 0 aliphatic rings. The van der Waals surface area contributed by atoms with Crippen LogP contribution in [0.2, 0.25) is 0 Å². The zero-order chi connectivity index (χ0) is 11.8. The van der Waals surface area contributed by atoms with E-state index in [1.807, 2.05) is 19.9 Å². The van der Waals surface area contributed by atoms with Gasteiger partial charge < -0.3 is 4.55 Å². The van der Waals surface area contributed by atoms with E-state index in [9.17, 15) is 0 Å². The molecule has 0 fully saturated rings. The number of hydrogen-bond acceptors (Lipinski definition) is 3. The first kappa shape index (κ1) is 15.4. The molecule has 0 bridgehead atoms. The zero-order valence-corrected chi connectivity index (χ0v) is 8.84. The van der Waals surface area contributed by atoms with E-state index in [0.717, 1.165) is 0 Å². The molecule has 0 saturated carbocycles. The van der Waals surface area contributed by atoms with Crippen LogP contribution in [0.4, 0.5) is 0 Å². The molecule has 0 saturated heterocycles. The van der Waals surface area contributed by atoms with Gasteiger partial charge in [0.05, 0.1) is 6.54 Å². The Kier molecular flexibility index (Phi) is 8.01. The maximum absolute atomic E-state index is 8.63. The van der Waals surface area contributed by atoms with Crippen LogP contribution in [0, 0.1) is 0 Å². The average molecular weight is 225 g/mol. The van der Waals surface area contributed by atoms with Crippen molar-refractivity contribution >= 4 is 16.4 Å². The van der Waals surface area contributed by atoms with Crippen LogP contribution in [-0.4, -0.2) is 30.0 Å². The van der Waals surface area contributed by atoms with Crippen molar-refractivity contribution in [2.45, 2.75) is 13.8 Å². The minimum Gasteiger partial charge on any atom is -0.726 e. The van der Waals surface area contributed by atoms with Crippen molar-refractivity contribution in [1.29, 1.82) is 0 Å². The molecule has 0 radical (unpaired) electrons. The summed E-state index contributed by atoms with van der Waals surface area (Å²) in [7, 11) is -4.92. The van der Waals surface area contributed by atoms with Crippen molar-refractivity contribution in [3.05, 3.63) is 11.6 Å². The second-order valence-corrected chi connectivity index (χ2v) is 3.40. The summed E-state index contributed by atoms with van der Waals surface area (Å²) in [5.41, 5.74) is 11.5. The lowest BCUT2D eigenvalue weighted by Crippen LogP contribution is -2.77. The first-order valence-electron chi connectivity index (χ1n) is 3.56. The normalized spacial score (nSPS) is 9.43. The SMILES string of the molecule is CC(C)=CC[NH+]=C(N)N.O=S(=O)([O-])O. The lowest BCUT2D eigenvalue weighted by Gasteiger charge is -1.88. The van der Waals surface area contributed by atoms with E-state index in [4.69, 9.17) is 29.0 Å². The van der Waals surface area contributed by atoms with Crippen LogP contribution in [-0.2, 0) is 10.4 Å². The Morgan fingerprint density at radius 3 is 2.07 bits per heavy atom. The van der Waals surface area contributed by atoms with Gasteiger partial charge in [0.1, 0.15) is 0 Å². The molecule has 0 rings (SSSR count). The van der Waals surface area contributed by atoms with Gasteiger partial charge in [0.15, 0.2) is 0 Å². The van der Waals surface area contributed by atoms with E-state index in [2.05, 4.69) is 4.99 Å². The highest BCUT2D eigenvalue weighted by molar-refractivity contribution is 7.79. The van der Waals surface area contributed by atoms with Crippen molar-refractivity contribution in [1.82, 2.24) is 0 Å². The fraction of sp³-hybridized carbons (Fsp3) is 0.500. The van der Waals surface area contributed by atoms with Crippen molar-refractivity contribution in [3.63, 3.8) is 0 Å². The smallest absolute Gasteiger partial charge is 0.339 e. The van der Waals surface area contributed by atoms with Crippen LogP contribution >= 0.6 is 0 Å². The summed E-state index contributed by atoms with van der Waals surface area (Å²) in [6, 6.07) is 0. The number of allylic oxidation sites excluding steroid dienone is 1. The lowest BCUT2D eigenvalue weighted by atomic mass is 10.3. The minimum absolute atomic E-state index is 0.271. The summed E-state index contributed by atoms with van der Waals surface area (Å²) >= 11 is 0. The van der Waals surface area contributed by atoms with E-state index < -0.39 is 10.4 Å². The third-order valence-electron chi connectivity index (χ3n) is 0.816. The maximum atomic E-state index is 8.63. The third-order valence-corrected chi connectivity index (χ3v) is 0.816. The molecule has 8 heteroatoms. The first-order valence-corrected chi connectivity index (χ1v) is 4.93. The molecule has 0 amide bonds. The van der Waals surface area contributed by atoms with E-state index >= 15 is 0 Å². The van der Waals surface area contributed by atoms with Gasteiger partial charge in [0.2, 0.25) is 10.4 Å². The summed E-state index contributed by atoms with van der Waals surface area (Å²) < 4.78 is 32.8. The molecule has 0 unspecified atom stereocenters. The van der Waals surface area contributed by atoms with Crippen LogP contribution in [0.25, 0.3) is 0 Å². The van der Waals surface area contributed by atoms with Crippen molar-refractivity contribution in [3.8, 4) is 0 Å². The summed E-state index contributed by atoms with van der Waals surface area (Å²) in [6.45, 7) is 4.76. The Morgan fingerprint density at radius 2 is 1.86 bits per heavy atom. The summed E-state index contributed by atoms with van der Waals surface area (Å²) in [6.07, 6.45) is 2.01. The van der Waals surface area contributed by atoms with Crippen LogP contribution in [0.5, 0.6) is 0 Å². The predicted molar refractivity (Wildman–Crippen MR) is 51.0 cm³/mol. The maximum Gasteiger partial charge on any atom is 0.339 e. The van der Waals surface area contributed by atoms with E-state index in [-0.39, 0.29) is 5.96 Å². The highest BCUT2D eigenvalue weighted by Crippen LogP contribution is 1.82. The van der Waals surface area contributed by atoms with E-state index in [1.54, 1.807) is 0 Å². The summed E-state index contributed by atoms with van der Waals surface area (Å²) in [4.78, 5) is 2.77. The predicted octanol–water partition coefficient (Wildman–Crippen LogP) is -2.69. The second kappa shape index (κ2) is 7.30. The van der Waals surface area contributed by atoms with Gasteiger partial charge in [-0.25, -0.2) is 8.42 Å². The molecule has 0 aliphatic carbocycles. The topological polar surface area (TPSA) is 143 Å². The molecule has 7 nitrogen and oxygen atoms in total. The molecule has 6 N–H and O–H groups in total. The second-order valence-electron chi connectivity index (χ2n) is 2.55. The van der Waals surface area contributed by atoms with Gasteiger partial charge in [-0.1, -0.05) is 11.6 Å². The number of nitrogens with two attached hydrogens (primary N) is 2. The molecule has 0 aromatic rings. The Balaban J connectivity index is 0. The number of rotatable bonds is 2. The first-order chi connectivity index (χ1) is 6.13. The van der Waals surface area contributed by atoms with Crippen LogP contribution < -0.4 is 16.5 Å². The lowest BCUT2D eigenvalue weighted by molar-refractivity contribution is -0.446. The highest BCUT2D eigenvalue weighted by atomic mass is 32.3. The van der Waals surface area contributed by atoms with Gasteiger partial charge in [-0.05, 0) is 13.8 Å². The van der Waals surface area contributed by atoms with Gasteiger partial charge in [-0.3, -0.25) is 21.0 Å². The standard InChI is InChI=1S/C6H13N3.H2O4S/c1-5(2)3-4-9-6(7)8;1-5(2,3)4/h3H,4H2,1-2H3,(H4,7,8,9);(H2,1,2,3,4). The number of guanidine groups is 1. The Labute approximate surface area is 83.1 Å². The minimum atomic E-state index is -4.92. The average Bonchev–Trinajstić information content (AvgIpc) is 1.80. The van der Waals surface area contributed by atoms with Gasteiger partial charge in [0.25, 0.3) is 0 Å². The molecule has 0 heterocycles. The molecule has 14 heavy (non-hydrogen) atoms. The molecule has 0 aromatic carbocycles. The van der Waals surface area contributed by atoms with E-state index in [0.29, 0.717) is 6.54 Å².